The summed E-state index contributed by atoms with van der Waals surface area (Å²) < 4.78 is 6.98. The zero-order valence-corrected chi connectivity index (χ0v) is 19.5. The van der Waals surface area contributed by atoms with Crippen LogP contribution in [-0.4, -0.2) is 35.8 Å². The Labute approximate surface area is 202 Å². The molecule has 1 heterocycles. The molecule has 34 heavy (non-hydrogen) atoms. The van der Waals surface area contributed by atoms with E-state index >= 15 is 0 Å². The highest BCUT2D eigenvalue weighted by Crippen LogP contribution is 2.27. The Morgan fingerprint density at radius 1 is 0.971 bits per heavy atom. The van der Waals surface area contributed by atoms with Gasteiger partial charge in [0, 0.05) is 24.5 Å². The van der Waals surface area contributed by atoms with Crippen LogP contribution in [0, 0.1) is 0 Å². The van der Waals surface area contributed by atoms with E-state index in [0.717, 1.165) is 11.1 Å². The number of nitrogens with one attached hydrogen (secondary N) is 2. The summed E-state index contributed by atoms with van der Waals surface area (Å²) in [5.74, 6) is 0.0207. The molecule has 0 aliphatic heterocycles. The molecule has 0 aliphatic carbocycles. The number of carbonyl (C=O) groups is 2. The van der Waals surface area contributed by atoms with E-state index in [0.29, 0.717) is 34.3 Å². The van der Waals surface area contributed by atoms with Crippen LogP contribution in [-0.2, 0) is 6.54 Å². The SMILES string of the molecule is CNC(=O)c1cc(NC(=O)c2cn(Cc3ccccc3)nc2-c2ccc(OC)cc2)ccc1Cl. The fourth-order valence-electron chi connectivity index (χ4n) is 3.51. The summed E-state index contributed by atoms with van der Waals surface area (Å²) in [6.07, 6.45) is 1.72. The van der Waals surface area contributed by atoms with Gasteiger partial charge >= 0.3 is 0 Å². The Kier molecular flexibility index (Phi) is 6.94. The monoisotopic (exact) mass is 474 g/mol. The summed E-state index contributed by atoms with van der Waals surface area (Å²) >= 11 is 6.14. The van der Waals surface area contributed by atoms with E-state index in [1.54, 1.807) is 36.2 Å². The number of anilines is 1. The number of benzene rings is 3. The van der Waals surface area contributed by atoms with Crippen molar-refractivity contribution >= 4 is 29.1 Å². The number of hydrogen-bond donors (Lipinski definition) is 2. The van der Waals surface area contributed by atoms with Crippen molar-refractivity contribution in [3.8, 4) is 17.0 Å². The summed E-state index contributed by atoms with van der Waals surface area (Å²) in [5.41, 5.74) is 3.50. The summed E-state index contributed by atoms with van der Waals surface area (Å²) in [6, 6.07) is 22.0. The topological polar surface area (TPSA) is 85.3 Å². The molecule has 0 spiro atoms. The number of methoxy groups -OCH3 is 1. The van der Waals surface area contributed by atoms with Crippen molar-refractivity contribution in [3.05, 3.63) is 101 Å². The Morgan fingerprint density at radius 3 is 2.38 bits per heavy atom. The maximum absolute atomic E-state index is 13.3. The van der Waals surface area contributed by atoms with Crippen LogP contribution >= 0.6 is 11.6 Å². The second-order valence-corrected chi connectivity index (χ2v) is 7.94. The normalized spacial score (nSPS) is 10.6. The molecular formula is C26H23ClN4O3. The van der Waals surface area contributed by atoms with Crippen LogP contribution in [0.15, 0.2) is 79.0 Å². The van der Waals surface area contributed by atoms with Crippen molar-refractivity contribution in [1.82, 2.24) is 15.1 Å². The molecule has 1 aromatic heterocycles. The number of halogens is 1. The van der Waals surface area contributed by atoms with Crippen LogP contribution < -0.4 is 15.4 Å². The minimum Gasteiger partial charge on any atom is -0.497 e. The molecular weight excluding hydrogens is 452 g/mol. The first-order valence-corrected chi connectivity index (χ1v) is 10.9. The van der Waals surface area contributed by atoms with Crippen molar-refractivity contribution in [2.24, 2.45) is 0 Å². The number of ether oxygens (including phenoxy) is 1. The Balaban J connectivity index is 1.68. The average molecular weight is 475 g/mol. The van der Waals surface area contributed by atoms with Crippen LogP contribution in [0.5, 0.6) is 5.75 Å². The highest BCUT2D eigenvalue weighted by atomic mass is 35.5. The van der Waals surface area contributed by atoms with Crippen molar-refractivity contribution in [2.45, 2.75) is 6.54 Å². The van der Waals surface area contributed by atoms with Crippen molar-refractivity contribution in [1.29, 1.82) is 0 Å². The summed E-state index contributed by atoms with van der Waals surface area (Å²) in [4.78, 5) is 25.4. The van der Waals surface area contributed by atoms with E-state index < -0.39 is 0 Å². The van der Waals surface area contributed by atoms with Gasteiger partial charge in [-0.3, -0.25) is 14.3 Å². The van der Waals surface area contributed by atoms with Gasteiger partial charge in [0.05, 0.1) is 29.8 Å². The van der Waals surface area contributed by atoms with Gasteiger partial charge in [0.15, 0.2) is 0 Å². The van der Waals surface area contributed by atoms with Gasteiger partial charge in [-0.2, -0.15) is 5.10 Å². The fraction of sp³-hybridized carbons (Fsp3) is 0.115. The first kappa shape index (κ1) is 23.1. The number of rotatable bonds is 7. The molecule has 7 nitrogen and oxygen atoms in total. The van der Waals surface area contributed by atoms with E-state index in [1.165, 1.54) is 7.05 Å². The first-order valence-electron chi connectivity index (χ1n) is 10.6. The van der Waals surface area contributed by atoms with E-state index in [-0.39, 0.29) is 17.4 Å². The van der Waals surface area contributed by atoms with Gasteiger partial charge in [0.2, 0.25) is 0 Å². The molecule has 0 aliphatic rings. The quantitative estimate of drug-likeness (QED) is 0.400. The molecule has 0 bridgehead atoms. The number of nitrogens with zero attached hydrogens (tertiary/aromatic N) is 2. The van der Waals surface area contributed by atoms with E-state index in [2.05, 4.69) is 10.6 Å². The summed E-state index contributed by atoms with van der Waals surface area (Å²) in [7, 11) is 3.12. The van der Waals surface area contributed by atoms with Gasteiger partial charge in [-0.15, -0.1) is 0 Å². The molecule has 0 radical (unpaired) electrons. The smallest absolute Gasteiger partial charge is 0.259 e. The molecule has 3 aromatic carbocycles. The molecule has 2 N–H and O–H groups in total. The lowest BCUT2D eigenvalue weighted by atomic mass is 10.1. The zero-order valence-electron chi connectivity index (χ0n) is 18.7. The predicted molar refractivity (Wildman–Crippen MR) is 133 cm³/mol. The molecule has 0 saturated heterocycles. The van der Waals surface area contributed by atoms with Gasteiger partial charge in [-0.25, -0.2) is 0 Å². The number of carbonyl (C=O) groups excluding carboxylic acids is 2. The molecule has 4 rings (SSSR count). The third kappa shape index (κ3) is 5.10. The summed E-state index contributed by atoms with van der Waals surface area (Å²) in [5, 5.41) is 10.4. The van der Waals surface area contributed by atoms with Crippen molar-refractivity contribution < 1.29 is 14.3 Å². The Morgan fingerprint density at radius 2 is 1.71 bits per heavy atom. The fourth-order valence-corrected chi connectivity index (χ4v) is 3.71. The van der Waals surface area contributed by atoms with Crippen LogP contribution in [0.3, 0.4) is 0 Å². The highest BCUT2D eigenvalue weighted by Gasteiger charge is 2.19. The van der Waals surface area contributed by atoms with Gasteiger partial charge in [0.1, 0.15) is 11.4 Å². The Hall–Kier alpha value is -4.10. The lowest BCUT2D eigenvalue weighted by Gasteiger charge is -2.09. The first-order chi connectivity index (χ1) is 16.5. The van der Waals surface area contributed by atoms with E-state index in [9.17, 15) is 9.59 Å². The predicted octanol–water partition coefficient (Wildman–Crippen LogP) is 4.87. The largest absolute Gasteiger partial charge is 0.497 e. The van der Waals surface area contributed by atoms with Gasteiger partial charge in [0.25, 0.3) is 11.8 Å². The van der Waals surface area contributed by atoms with Crippen LogP contribution in [0.2, 0.25) is 5.02 Å². The van der Waals surface area contributed by atoms with Crippen LogP contribution in [0.25, 0.3) is 11.3 Å². The Bertz CT molecular complexity index is 1320. The molecule has 0 atom stereocenters. The minimum absolute atomic E-state index is 0.275. The third-order valence-electron chi connectivity index (χ3n) is 5.25. The molecule has 0 fully saturated rings. The number of amides is 2. The maximum Gasteiger partial charge on any atom is 0.259 e. The van der Waals surface area contributed by atoms with Crippen LogP contribution in [0.4, 0.5) is 5.69 Å². The number of hydrogen-bond acceptors (Lipinski definition) is 4. The molecule has 4 aromatic rings. The van der Waals surface area contributed by atoms with Gasteiger partial charge < -0.3 is 15.4 Å². The lowest BCUT2D eigenvalue weighted by molar-refractivity contribution is 0.0961. The molecule has 0 saturated carbocycles. The maximum atomic E-state index is 13.3. The molecule has 2 amide bonds. The van der Waals surface area contributed by atoms with Gasteiger partial charge in [-0.1, -0.05) is 41.9 Å². The standard InChI is InChI=1S/C26H23ClN4O3/c1-28-25(32)21-14-19(10-13-23(21)27)29-26(33)22-16-31(15-17-6-4-3-5-7-17)30-24(22)18-8-11-20(34-2)12-9-18/h3-14,16H,15H2,1-2H3,(H,28,32)(H,29,33). The minimum atomic E-state index is -0.352. The zero-order chi connectivity index (χ0) is 24.1. The molecule has 8 heteroatoms. The van der Waals surface area contributed by atoms with Crippen molar-refractivity contribution in [3.63, 3.8) is 0 Å². The lowest BCUT2D eigenvalue weighted by Crippen LogP contribution is -2.19. The van der Waals surface area contributed by atoms with Crippen LogP contribution in [0.1, 0.15) is 26.3 Å². The highest BCUT2D eigenvalue weighted by molar-refractivity contribution is 6.34. The second-order valence-electron chi connectivity index (χ2n) is 7.53. The van der Waals surface area contributed by atoms with Gasteiger partial charge in [-0.05, 0) is 48.0 Å². The summed E-state index contributed by atoms with van der Waals surface area (Å²) in [6.45, 7) is 0.513. The van der Waals surface area contributed by atoms with Crippen molar-refractivity contribution in [2.75, 3.05) is 19.5 Å². The average Bonchev–Trinajstić information content (AvgIpc) is 3.29. The molecule has 0 unspecified atom stereocenters. The second kappa shape index (κ2) is 10.2. The third-order valence-corrected chi connectivity index (χ3v) is 5.58. The number of aromatic nitrogens is 2. The van der Waals surface area contributed by atoms with E-state index in [1.807, 2.05) is 54.6 Å². The molecule has 172 valence electrons. The van der Waals surface area contributed by atoms with E-state index in [4.69, 9.17) is 21.4 Å².